The number of hydrogen-bond acceptors (Lipinski definition) is 7. The van der Waals surface area contributed by atoms with Crippen LogP contribution in [0.1, 0.15) is 31.9 Å². The van der Waals surface area contributed by atoms with Crippen LogP contribution in [-0.4, -0.2) is 65.7 Å². The zero-order chi connectivity index (χ0) is 25.2. The van der Waals surface area contributed by atoms with E-state index in [-0.39, 0.29) is 13.2 Å². The first-order chi connectivity index (χ1) is 17.2. The predicted octanol–water partition coefficient (Wildman–Crippen LogP) is 2.53. The van der Waals surface area contributed by atoms with E-state index in [2.05, 4.69) is 21.2 Å². The summed E-state index contributed by atoms with van der Waals surface area (Å²) in [6, 6.07) is 12.8. The first kappa shape index (κ1) is 22.8. The van der Waals surface area contributed by atoms with Crippen molar-refractivity contribution in [3.63, 3.8) is 0 Å². The SMILES string of the molecule is CC(C)(C)N1C(=O)NC(=O)[C@]2(Cc3ccccc3N3CCN(Cc4ccc5c(c4)OCO5)C[C@@H]32)C1=O. The molecule has 0 bridgehead atoms. The molecular formula is C27H30N4O5. The van der Waals surface area contributed by atoms with Crippen molar-refractivity contribution < 1.29 is 23.9 Å². The number of nitrogens with zero attached hydrogens (tertiary/aromatic N) is 3. The van der Waals surface area contributed by atoms with Gasteiger partial charge >= 0.3 is 6.03 Å². The van der Waals surface area contributed by atoms with Gasteiger partial charge in [0.2, 0.25) is 18.6 Å². The highest BCUT2D eigenvalue weighted by Gasteiger charge is 2.64. The number of benzene rings is 2. The Labute approximate surface area is 209 Å². The molecule has 4 amide bonds. The molecule has 0 aromatic heterocycles. The van der Waals surface area contributed by atoms with E-state index in [0.29, 0.717) is 19.6 Å². The monoisotopic (exact) mass is 490 g/mol. The van der Waals surface area contributed by atoms with Gasteiger partial charge in [0, 0.05) is 37.4 Å². The number of urea groups is 1. The molecule has 0 unspecified atom stereocenters. The Morgan fingerprint density at radius 2 is 1.81 bits per heavy atom. The number of barbiturate groups is 1. The van der Waals surface area contributed by atoms with Crippen LogP contribution in [0.4, 0.5) is 10.5 Å². The molecule has 0 aliphatic carbocycles. The molecule has 36 heavy (non-hydrogen) atoms. The fourth-order valence-electron chi connectivity index (χ4n) is 6.06. The summed E-state index contributed by atoms with van der Waals surface area (Å²) in [6.07, 6.45) is 0.257. The van der Waals surface area contributed by atoms with Gasteiger partial charge in [-0.25, -0.2) is 4.79 Å². The Balaban J connectivity index is 1.38. The van der Waals surface area contributed by atoms with E-state index in [4.69, 9.17) is 9.47 Å². The summed E-state index contributed by atoms with van der Waals surface area (Å²) < 4.78 is 11.0. The third kappa shape index (κ3) is 3.37. The zero-order valence-corrected chi connectivity index (χ0v) is 20.7. The minimum absolute atomic E-state index is 0.224. The molecule has 9 heteroatoms. The maximum Gasteiger partial charge on any atom is 0.331 e. The van der Waals surface area contributed by atoms with Crippen molar-refractivity contribution >= 4 is 23.5 Å². The molecule has 0 radical (unpaired) electrons. The molecule has 2 saturated heterocycles. The molecule has 1 spiro atoms. The lowest BCUT2D eigenvalue weighted by atomic mass is 9.67. The van der Waals surface area contributed by atoms with Gasteiger partial charge in [-0.15, -0.1) is 0 Å². The Bertz CT molecular complexity index is 1270. The number of carbonyl (C=O) groups is 3. The van der Waals surface area contributed by atoms with Crippen LogP contribution in [-0.2, 0) is 22.6 Å². The third-order valence-corrected chi connectivity index (χ3v) is 7.73. The van der Waals surface area contributed by atoms with Crippen LogP contribution in [0, 0.1) is 5.41 Å². The second-order valence-electron chi connectivity index (χ2n) is 11.0. The second kappa shape index (κ2) is 7.96. The number of hydrogen-bond donors (Lipinski definition) is 1. The largest absolute Gasteiger partial charge is 0.454 e. The van der Waals surface area contributed by atoms with E-state index in [1.54, 1.807) is 0 Å². The minimum Gasteiger partial charge on any atom is -0.454 e. The zero-order valence-electron chi connectivity index (χ0n) is 20.7. The van der Waals surface area contributed by atoms with Crippen LogP contribution >= 0.6 is 0 Å². The highest BCUT2D eigenvalue weighted by molar-refractivity contribution is 6.20. The molecule has 4 heterocycles. The van der Waals surface area contributed by atoms with Gasteiger partial charge < -0.3 is 14.4 Å². The molecule has 9 nitrogen and oxygen atoms in total. The fraction of sp³-hybridized carbons (Fsp3) is 0.444. The quantitative estimate of drug-likeness (QED) is 0.647. The van der Waals surface area contributed by atoms with Crippen LogP contribution in [0.2, 0.25) is 0 Å². The molecule has 2 fully saturated rings. The molecule has 2 aromatic rings. The molecular weight excluding hydrogens is 460 g/mol. The molecule has 2 aromatic carbocycles. The second-order valence-corrected chi connectivity index (χ2v) is 11.0. The van der Waals surface area contributed by atoms with Gasteiger partial charge in [0.15, 0.2) is 16.9 Å². The smallest absolute Gasteiger partial charge is 0.331 e. The van der Waals surface area contributed by atoms with E-state index in [0.717, 1.165) is 34.9 Å². The lowest BCUT2D eigenvalue weighted by Crippen LogP contribution is -2.76. The number of fused-ring (bicyclic) bond motifs is 5. The average Bonchev–Trinajstić information content (AvgIpc) is 3.29. The van der Waals surface area contributed by atoms with Crippen LogP contribution in [0.15, 0.2) is 42.5 Å². The summed E-state index contributed by atoms with van der Waals surface area (Å²) in [7, 11) is 0. The summed E-state index contributed by atoms with van der Waals surface area (Å²) in [5.41, 5.74) is 0.907. The maximum atomic E-state index is 14.2. The van der Waals surface area contributed by atoms with Crippen molar-refractivity contribution in [2.75, 3.05) is 31.3 Å². The van der Waals surface area contributed by atoms with E-state index >= 15 is 0 Å². The highest BCUT2D eigenvalue weighted by atomic mass is 16.7. The highest BCUT2D eigenvalue weighted by Crippen LogP contribution is 2.46. The fourth-order valence-corrected chi connectivity index (χ4v) is 6.06. The van der Waals surface area contributed by atoms with Crippen molar-refractivity contribution in [1.82, 2.24) is 15.1 Å². The topological polar surface area (TPSA) is 91.4 Å². The third-order valence-electron chi connectivity index (χ3n) is 7.73. The van der Waals surface area contributed by atoms with Crippen molar-refractivity contribution in [3.8, 4) is 11.5 Å². The number of amides is 4. The van der Waals surface area contributed by atoms with Crippen molar-refractivity contribution in [3.05, 3.63) is 53.6 Å². The number of ether oxygens (including phenoxy) is 2. The first-order valence-electron chi connectivity index (χ1n) is 12.3. The Morgan fingerprint density at radius 3 is 2.61 bits per heavy atom. The summed E-state index contributed by atoms with van der Waals surface area (Å²) in [5.74, 6) is 0.545. The summed E-state index contributed by atoms with van der Waals surface area (Å²) in [5, 5.41) is 2.54. The minimum atomic E-state index is -1.40. The van der Waals surface area contributed by atoms with Crippen molar-refractivity contribution in [1.29, 1.82) is 0 Å². The van der Waals surface area contributed by atoms with E-state index < -0.39 is 34.8 Å². The Kier molecular flexibility index (Phi) is 5.05. The van der Waals surface area contributed by atoms with E-state index in [1.807, 2.05) is 57.2 Å². The van der Waals surface area contributed by atoms with Gasteiger partial charge in [0.25, 0.3) is 0 Å². The normalized spacial score (nSPS) is 25.6. The molecule has 4 aliphatic heterocycles. The number of carbonyl (C=O) groups excluding carboxylic acids is 3. The van der Waals surface area contributed by atoms with Crippen LogP contribution in [0.25, 0.3) is 0 Å². The van der Waals surface area contributed by atoms with Crippen LogP contribution in [0.5, 0.6) is 11.5 Å². The number of nitrogens with one attached hydrogen (secondary N) is 1. The number of piperazine rings is 1. The maximum absolute atomic E-state index is 14.2. The van der Waals surface area contributed by atoms with Gasteiger partial charge in [0.05, 0.1) is 6.04 Å². The standard InChI is InChI=1S/C27H30N4O5/c1-26(2,3)31-24(33)27(23(32)28-25(31)34)13-18-6-4-5-7-19(18)30-11-10-29(15-22(27)30)14-17-8-9-20-21(12-17)36-16-35-20/h4-9,12,22H,10-11,13-16H2,1-3H3,(H,28,32,34)/t22-,27-/m1/s1. The molecule has 0 saturated carbocycles. The summed E-state index contributed by atoms with van der Waals surface area (Å²) in [6.45, 7) is 8.26. The van der Waals surface area contributed by atoms with Gasteiger partial charge in [-0.2, -0.15) is 0 Å². The number of anilines is 1. The number of rotatable bonds is 2. The molecule has 4 aliphatic rings. The van der Waals surface area contributed by atoms with E-state index in [9.17, 15) is 14.4 Å². The average molecular weight is 491 g/mol. The lowest BCUT2D eigenvalue weighted by molar-refractivity contribution is -0.157. The lowest BCUT2D eigenvalue weighted by Gasteiger charge is -2.56. The first-order valence-corrected chi connectivity index (χ1v) is 12.3. The van der Waals surface area contributed by atoms with Gasteiger partial charge in [-0.05, 0) is 56.5 Å². The summed E-state index contributed by atoms with van der Waals surface area (Å²) >= 11 is 0. The molecule has 188 valence electrons. The van der Waals surface area contributed by atoms with Gasteiger partial charge in [-0.3, -0.25) is 24.7 Å². The number of imide groups is 2. The molecule has 1 N–H and O–H groups in total. The molecule has 6 rings (SSSR count). The van der Waals surface area contributed by atoms with E-state index in [1.165, 1.54) is 4.90 Å². The van der Waals surface area contributed by atoms with Gasteiger partial charge in [0.1, 0.15) is 0 Å². The van der Waals surface area contributed by atoms with Gasteiger partial charge in [-0.1, -0.05) is 24.3 Å². The molecule has 2 atom stereocenters. The van der Waals surface area contributed by atoms with Crippen LogP contribution < -0.4 is 19.7 Å². The van der Waals surface area contributed by atoms with Crippen LogP contribution in [0.3, 0.4) is 0 Å². The Morgan fingerprint density at radius 1 is 1.03 bits per heavy atom. The van der Waals surface area contributed by atoms with Crippen molar-refractivity contribution in [2.24, 2.45) is 5.41 Å². The number of para-hydroxylation sites is 1. The predicted molar refractivity (Wildman–Crippen MR) is 132 cm³/mol. The van der Waals surface area contributed by atoms with Crippen molar-refractivity contribution in [2.45, 2.75) is 45.3 Å². The summed E-state index contributed by atoms with van der Waals surface area (Å²) in [4.78, 5) is 46.4. The Hall–Kier alpha value is -3.59.